The first-order valence-electron chi connectivity index (χ1n) is 4.89. The molecule has 0 radical (unpaired) electrons. The maximum Gasteiger partial charge on any atom is 0.220 e. The van der Waals surface area contributed by atoms with Gasteiger partial charge in [-0.25, -0.2) is 0 Å². The molecular formula is C9H18N2O3. The van der Waals surface area contributed by atoms with Crippen molar-refractivity contribution in [3.05, 3.63) is 0 Å². The van der Waals surface area contributed by atoms with E-state index in [-0.39, 0.29) is 11.9 Å². The summed E-state index contributed by atoms with van der Waals surface area (Å²) in [6, 6.07) is 0.277. The number of piperidine rings is 1. The lowest BCUT2D eigenvalue weighted by molar-refractivity contribution is -0.122. The van der Waals surface area contributed by atoms with Crippen LogP contribution in [0.1, 0.15) is 12.8 Å². The van der Waals surface area contributed by atoms with E-state index in [0.717, 1.165) is 6.42 Å². The molecule has 0 aromatic rings. The predicted octanol–water partition coefficient (Wildman–Crippen LogP) is -1.14. The molecule has 14 heavy (non-hydrogen) atoms. The molecule has 0 aliphatic carbocycles. The third-order valence-electron chi connectivity index (χ3n) is 2.27. The van der Waals surface area contributed by atoms with E-state index < -0.39 is 6.10 Å². The summed E-state index contributed by atoms with van der Waals surface area (Å²) in [5, 5.41) is 15.3. The molecule has 0 aromatic heterocycles. The van der Waals surface area contributed by atoms with Gasteiger partial charge in [0, 0.05) is 32.7 Å². The van der Waals surface area contributed by atoms with E-state index in [9.17, 15) is 9.90 Å². The van der Waals surface area contributed by atoms with Crippen molar-refractivity contribution in [3.63, 3.8) is 0 Å². The predicted molar refractivity (Wildman–Crippen MR) is 51.9 cm³/mol. The molecule has 0 saturated carbocycles. The Bertz CT molecular complexity index is 177. The van der Waals surface area contributed by atoms with Crippen molar-refractivity contribution in [2.45, 2.75) is 25.0 Å². The van der Waals surface area contributed by atoms with Crippen LogP contribution >= 0.6 is 0 Å². The van der Waals surface area contributed by atoms with Crippen LogP contribution in [0.4, 0.5) is 0 Å². The second-order valence-corrected chi connectivity index (χ2v) is 3.56. The molecule has 1 fully saturated rings. The minimum Gasteiger partial charge on any atom is -0.389 e. The highest BCUT2D eigenvalue weighted by molar-refractivity contribution is 5.76. The lowest BCUT2D eigenvalue weighted by atomic mass is 10.1. The van der Waals surface area contributed by atoms with Crippen molar-refractivity contribution in [1.82, 2.24) is 10.6 Å². The third kappa shape index (κ3) is 4.04. The van der Waals surface area contributed by atoms with Gasteiger partial charge in [-0.1, -0.05) is 0 Å². The number of carbonyl (C=O) groups excluding carboxylic acids is 1. The summed E-state index contributed by atoms with van der Waals surface area (Å²) in [7, 11) is 1.56. The van der Waals surface area contributed by atoms with Gasteiger partial charge in [0.2, 0.25) is 5.91 Å². The van der Waals surface area contributed by atoms with E-state index >= 15 is 0 Å². The van der Waals surface area contributed by atoms with Gasteiger partial charge in [0.15, 0.2) is 0 Å². The number of ether oxygens (including phenoxy) is 1. The number of rotatable bonds is 5. The van der Waals surface area contributed by atoms with Crippen LogP contribution in [0.25, 0.3) is 0 Å². The first kappa shape index (κ1) is 11.4. The summed E-state index contributed by atoms with van der Waals surface area (Å²) in [5.41, 5.74) is 0. The number of nitrogens with one attached hydrogen (secondary N) is 2. The normalized spacial score (nSPS) is 24.4. The second kappa shape index (κ2) is 5.95. The van der Waals surface area contributed by atoms with Crippen molar-refractivity contribution < 1.29 is 14.6 Å². The van der Waals surface area contributed by atoms with E-state index in [0.29, 0.717) is 26.1 Å². The van der Waals surface area contributed by atoms with Gasteiger partial charge in [-0.05, 0) is 6.42 Å². The van der Waals surface area contributed by atoms with E-state index in [1.54, 1.807) is 7.11 Å². The molecule has 2 unspecified atom stereocenters. The molecule has 1 heterocycles. The van der Waals surface area contributed by atoms with Crippen LogP contribution in [-0.2, 0) is 9.53 Å². The summed E-state index contributed by atoms with van der Waals surface area (Å²) in [4.78, 5) is 10.8. The zero-order valence-corrected chi connectivity index (χ0v) is 8.45. The Kier molecular flexibility index (Phi) is 4.86. The molecule has 1 saturated heterocycles. The van der Waals surface area contributed by atoms with Crippen molar-refractivity contribution >= 4 is 5.91 Å². The zero-order valence-electron chi connectivity index (χ0n) is 8.45. The highest BCUT2D eigenvalue weighted by Crippen LogP contribution is 2.02. The topological polar surface area (TPSA) is 70.6 Å². The Labute approximate surface area is 83.8 Å². The summed E-state index contributed by atoms with van der Waals surface area (Å²) in [5.74, 6) is 0.112. The fourth-order valence-corrected chi connectivity index (χ4v) is 1.46. The van der Waals surface area contributed by atoms with Gasteiger partial charge >= 0.3 is 0 Å². The SMILES string of the molecule is COCC(O)CNC1CCC(=O)NC1. The number of amides is 1. The molecule has 3 N–H and O–H groups in total. The molecule has 0 spiro atoms. The van der Waals surface area contributed by atoms with Crippen LogP contribution in [0.5, 0.6) is 0 Å². The second-order valence-electron chi connectivity index (χ2n) is 3.56. The maximum atomic E-state index is 10.8. The van der Waals surface area contributed by atoms with Crippen molar-refractivity contribution in [2.24, 2.45) is 0 Å². The summed E-state index contributed by atoms with van der Waals surface area (Å²) < 4.78 is 4.80. The van der Waals surface area contributed by atoms with Crippen molar-refractivity contribution in [2.75, 3.05) is 26.8 Å². The summed E-state index contributed by atoms with van der Waals surface area (Å²) in [6.45, 7) is 1.50. The number of carbonyl (C=O) groups is 1. The molecule has 5 nitrogen and oxygen atoms in total. The van der Waals surface area contributed by atoms with E-state index in [4.69, 9.17) is 4.74 Å². The van der Waals surface area contributed by atoms with Gasteiger partial charge in [-0.15, -0.1) is 0 Å². The average molecular weight is 202 g/mol. The van der Waals surface area contributed by atoms with Crippen molar-refractivity contribution in [3.8, 4) is 0 Å². The summed E-state index contributed by atoms with van der Waals surface area (Å²) in [6.07, 6.45) is 0.932. The van der Waals surface area contributed by atoms with Gasteiger partial charge in [0.25, 0.3) is 0 Å². The average Bonchev–Trinajstić information content (AvgIpc) is 2.17. The monoisotopic (exact) mass is 202 g/mol. The maximum absolute atomic E-state index is 10.8. The van der Waals surface area contributed by atoms with E-state index in [1.807, 2.05) is 0 Å². The van der Waals surface area contributed by atoms with Gasteiger partial charge in [0.05, 0.1) is 12.7 Å². The quantitative estimate of drug-likeness (QED) is 0.527. The van der Waals surface area contributed by atoms with Crippen LogP contribution in [0.2, 0.25) is 0 Å². The molecular weight excluding hydrogens is 184 g/mol. The largest absolute Gasteiger partial charge is 0.389 e. The lowest BCUT2D eigenvalue weighted by Crippen LogP contribution is -2.48. The zero-order chi connectivity index (χ0) is 10.4. The number of aliphatic hydroxyl groups is 1. The van der Waals surface area contributed by atoms with Gasteiger partial charge in [-0.3, -0.25) is 4.79 Å². The molecule has 1 aliphatic heterocycles. The van der Waals surface area contributed by atoms with Crippen LogP contribution in [0.15, 0.2) is 0 Å². The minimum atomic E-state index is -0.474. The Morgan fingerprint density at radius 1 is 1.79 bits per heavy atom. The molecule has 1 rings (SSSR count). The highest BCUT2D eigenvalue weighted by atomic mass is 16.5. The summed E-state index contributed by atoms with van der Waals surface area (Å²) >= 11 is 0. The molecule has 1 amide bonds. The van der Waals surface area contributed by atoms with Crippen LogP contribution < -0.4 is 10.6 Å². The number of methoxy groups -OCH3 is 1. The minimum absolute atomic E-state index is 0.112. The van der Waals surface area contributed by atoms with E-state index in [2.05, 4.69) is 10.6 Å². The first-order chi connectivity index (χ1) is 6.72. The molecule has 1 aliphatic rings. The Morgan fingerprint density at radius 2 is 2.57 bits per heavy atom. The smallest absolute Gasteiger partial charge is 0.220 e. The first-order valence-corrected chi connectivity index (χ1v) is 4.89. The van der Waals surface area contributed by atoms with Crippen LogP contribution in [-0.4, -0.2) is 50.0 Å². The molecule has 0 bridgehead atoms. The van der Waals surface area contributed by atoms with Gasteiger partial charge in [0.1, 0.15) is 0 Å². The van der Waals surface area contributed by atoms with Crippen molar-refractivity contribution in [1.29, 1.82) is 0 Å². The Balaban J connectivity index is 2.09. The Hall–Kier alpha value is -0.650. The standard InChI is InChI=1S/C9H18N2O3/c1-14-6-8(12)5-10-7-2-3-9(13)11-4-7/h7-8,10,12H,2-6H2,1H3,(H,11,13). The molecule has 82 valence electrons. The highest BCUT2D eigenvalue weighted by Gasteiger charge is 2.17. The molecule has 5 heteroatoms. The fourth-order valence-electron chi connectivity index (χ4n) is 1.46. The fraction of sp³-hybridized carbons (Fsp3) is 0.889. The molecule has 0 aromatic carbocycles. The van der Waals surface area contributed by atoms with Gasteiger partial charge < -0.3 is 20.5 Å². The number of hydrogen-bond donors (Lipinski definition) is 3. The third-order valence-corrected chi connectivity index (χ3v) is 2.27. The number of hydrogen-bond acceptors (Lipinski definition) is 4. The van der Waals surface area contributed by atoms with Gasteiger partial charge in [-0.2, -0.15) is 0 Å². The lowest BCUT2D eigenvalue weighted by Gasteiger charge is -2.24. The number of aliphatic hydroxyl groups excluding tert-OH is 1. The van der Waals surface area contributed by atoms with E-state index in [1.165, 1.54) is 0 Å². The Morgan fingerprint density at radius 3 is 3.14 bits per heavy atom. The van der Waals surface area contributed by atoms with Crippen LogP contribution in [0, 0.1) is 0 Å². The van der Waals surface area contributed by atoms with Crippen LogP contribution in [0.3, 0.4) is 0 Å². The molecule has 2 atom stereocenters.